The summed E-state index contributed by atoms with van der Waals surface area (Å²) in [6, 6.07) is 15.1. The lowest BCUT2D eigenvalue weighted by atomic mass is 10.2. The average molecular weight is 495 g/mol. The number of methoxy groups -OCH3 is 1. The number of nitrogens with one attached hydrogen (secondary N) is 2. The molecular weight excluding hydrogens is 465 g/mol. The molecule has 1 fully saturated rings. The molecular formula is C21H30IN5O. The fourth-order valence-electron chi connectivity index (χ4n) is 3.51. The molecule has 7 heteroatoms. The fourth-order valence-corrected chi connectivity index (χ4v) is 3.51. The third-order valence-corrected chi connectivity index (χ3v) is 4.95. The molecule has 0 amide bonds. The van der Waals surface area contributed by atoms with E-state index in [0.717, 1.165) is 31.2 Å². The van der Waals surface area contributed by atoms with Gasteiger partial charge in [0, 0.05) is 44.5 Å². The van der Waals surface area contributed by atoms with Crippen molar-refractivity contribution in [3.05, 3.63) is 59.8 Å². The molecule has 0 aliphatic carbocycles. The summed E-state index contributed by atoms with van der Waals surface area (Å²) in [5, 5.41) is 6.82. The molecule has 6 nitrogen and oxygen atoms in total. The summed E-state index contributed by atoms with van der Waals surface area (Å²) in [7, 11) is 3.44. The van der Waals surface area contributed by atoms with Crippen molar-refractivity contribution in [1.29, 1.82) is 0 Å². The second-order valence-electron chi connectivity index (χ2n) is 6.73. The predicted octanol–water partition coefficient (Wildman–Crippen LogP) is 3.04. The largest absolute Gasteiger partial charge is 0.481 e. The molecule has 1 atom stereocenters. The van der Waals surface area contributed by atoms with E-state index in [0.29, 0.717) is 18.5 Å². The van der Waals surface area contributed by atoms with Crippen LogP contribution in [-0.4, -0.2) is 49.1 Å². The Morgan fingerprint density at radius 1 is 1.21 bits per heavy atom. The molecule has 2 heterocycles. The first-order chi connectivity index (χ1) is 13.3. The Bertz CT molecular complexity index is 741. The number of likely N-dealkylation sites (tertiary alicyclic amines) is 1. The molecule has 1 unspecified atom stereocenters. The number of pyridine rings is 1. The number of guanidine groups is 1. The first-order valence-corrected chi connectivity index (χ1v) is 9.50. The lowest BCUT2D eigenvalue weighted by Crippen LogP contribution is -2.44. The van der Waals surface area contributed by atoms with Crippen LogP contribution >= 0.6 is 24.0 Å². The number of hydrogen-bond acceptors (Lipinski definition) is 4. The maximum atomic E-state index is 5.31. The Morgan fingerprint density at radius 2 is 2.04 bits per heavy atom. The lowest BCUT2D eigenvalue weighted by molar-refractivity contribution is 0.245. The highest BCUT2D eigenvalue weighted by Gasteiger charge is 2.24. The summed E-state index contributed by atoms with van der Waals surface area (Å²) in [5.74, 6) is 1.44. The first-order valence-electron chi connectivity index (χ1n) is 9.50. The van der Waals surface area contributed by atoms with E-state index in [4.69, 9.17) is 4.74 Å². The minimum Gasteiger partial charge on any atom is -0.481 e. The van der Waals surface area contributed by atoms with Gasteiger partial charge in [0.05, 0.1) is 7.11 Å². The molecule has 1 aliphatic heterocycles. The van der Waals surface area contributed by atoms with Crippen molar-refractivity contribution in [2.24, 2.45) is 4.99 Å². The van der Waals surface area contributed by atoms with E-state index < -0.39 is 0 Å². The zero-order valence-corrected chi connectivity index (χ0v) is 18.9. The van der Waals surface area contributed by atoms with Crippen LogP contribution < -0.4 is 15.4 Å². The predicted molar refractivity (Wildman–Crippen MR) is 124 cm³/mol. The molecule has 1 saturated heterocycles. The quantitative estimate of drug-likeness (QED) is 0.352. The van der Waals surface area contributed by atoms with Crippen LogP contribution in [0.25, 0.3) is 0 Å². The van der Waals surface area contributed by atoms with Crippen molar-refractivity contribution in [3.63, 3.8) is 0 Å². The summed E-state index contributed by atoms with van der Waals surface area (Å²) in [4.78, 5) is 11.1. The second kappa shape index (κ2) is 11.9. The van der Waals surface area contributed by atoms with Crippen LogP contribution in [0.5, 0.6) is 5.88 Å². The van der Waals surface area contributed by atoms with Crippen LogP contribution in [0.1, 0.15) is 24.0 Å². The van der Waals surface area contributed by atoms with Gasteiger partial charge in [0.1, 0.15) is 0 Å². The number of ether oxygens (including phenoxy) is 1. The van der Waals surface area contributed by atoms with Gasteiger partial charge in [0.2, 0.25) is 5.88 Å². The molecule has 3 rings (SSSR count). The molecule has 1 aliphatic rings. The van der Waals surface area contributed by atoms with Crippen molar-refractivity contribution >= 4 is 29.9 Å². The molecule has 1 aromatic carbocycles. The maximum Gasteiger partial charge on any atom is 0.218 e. The molecule has 0 radical (unpaired) electrons. The first kappa shape index (κ1) is 22.4. The van der Waals surface area contributed by atoms with Gasteiger partial charge < -0.3 is 15.4 Å². The summed E-state index contributed by atoms with van der Waals surface area (Å²) >= 11 is 0. The van der Waals surface area contributed by atoms with Gasteiger partial charge >= 0.3 is 0 Å². The zero-order chi connectivity index (χ0) is 18.9. The minimum atomic E-state index is 0. The Labute approximate surface area is 184 Å². The van der Waals surface area contributed by atoms with Crippen LogP contribution in [-0.2, 0) is 13.1 Å². The summed E-state index contributed by atoms with van der Waals surface area (Å²) in [6.07, 6.45) is 4.20. The Hall–Kier alpha value is -1.87. The van der Waals surface area contributed by atoms with Crippen LogP contribution in [0.15, 0.2) is 53.7 Å². The molecule has 152 valence electrons. The average Bonchev–Trinajstić information content (AvgIpc) is 3.16. The number of hydrogen-bond donors (Lipinski definition) is 2. The maximum absolute atomic E-state index is 5.31. The number of halogens is 1. The summed E-state index contributed by atoms with van der Waals surface area (Å²) in [6.45, 7) is 3.66. The zero-order valence-electron chi connectivity index (χ0n) is 16.6. The molecule has 1 aromatic heterocycles. The minimum absolute atomic E-state index is 0. The van der Waals surface area contributed by atoms with Gasteiger partial charge in [-0.3, -0.25) is 9.89 Å². The van der Waals surface area contributed by atoms with E-state index in [1.807, 2.05) is 12.1 Å². The van der Waals surface area contributed by atoms with E-state index in [-0.39, 0.29) is 24.0 Å². The van der Waals surface area contributed by atoms with E-state index in [2.05, 4.69) is 55.8 Å². The van der Waals surface area contributed by atoms with Gasteiger partial charge in [-0.2, -0.15) is 0 Å². The number of nitrogens with zero attached hydrogens (tertiary/aromatic N) is 3. The van der Waals surface area contributed by atoms with Crippen LogP contribution in [0.2, 0.25) is 0 Å². The van der Waals surface area contributed by atoms with Crippen molar-refractivity contribution < 1.29 is 4.74 Å². The summed E-state index contributed by atoms with van der Waals surface area (Å²) < 4.78 is 5.31. The Morgan fingerprint density at radius 3 is 2.79 bits per heavy atom. The van der Waals surface area contributed by atoms with Gasteiger partial charge in [-0.1, -0.05) is 36.4 Å². The topological polar surface area (TPSA) is 61.8 Å². The van der Waals surface area contributed by atoms with E-state index in [1.54, 1.807) is 20.4 Å². The number of benzene rings is 1. The van der Waals surface area contributed by atoms with Crippen molar-refractivity contribution in [1.82, 2.24) is 20.5 Å². The number of rotatable bonds is 7. The smallest absolute Gasteiger partial charge is 0.218 e. The number of aromatic nitrogens is 1. The highest BCUT2D eigenvalue weighted by Crippen LogP contribution is 2.19. The number of aliphatic imine (C=N–C) groups is 1. The highest BCUT2D eigenvalue weighted by molar-refractivity contribution is 14.0. The summed E-state index contributed by atoms with van der Waals surface area (Å²) in [5.41, 5.74) is 2.38. The van der Waals surface area contributed by atoms with Gasteiger partial charge in [-0.15, -0.1) is 24.0 Å². The molecule has 0 spiro atoms. The molecule has 0 bridgehead atoms. The third-order valence-electron chi connectivity index (χ3n) is 4.95. The lowest BCUT2D eigenvalue weighted by Gasteiger charge is -2.25. The molecule has 28 heavy (non-hydrogen) atoms. The fraction of sp³-hybridized carbons (Fsp3) is 0.429. The van der Waals surface area contributed by atoms with Gasteiger partial charge in [0.15, 0.2) is 5.96 Å². The van der Waals surface area contributed by atoms with Crippen LogP contribution in [0.3, 0.4) is 0 Å². The normalized spacial score (nSPS) is 17.1. The van der Waals surface area contributed by atoms with Gasteiger partial charge in [0.25, 0.3) is 0 Å². The molecule has 0 saturated carbocycles. The van der Waals surface area contributed by atoms with Crippen molar-refractivity contribution in [2.75, 3.05) is 27.2 Å². The monoisotopic (exact) mass is 495 g/mol. The van der Waals surface area contributed by atoms with Crippen LogP contribution in [0.4, 0.5) is 0 Å². The molecule has 2 N–H and O–H groups in total. The van der Waals surface area contributed by atoms with E-state index >= 15 is 0 Å². The Balaban J connectivity index is 0.00000280. The van der Waals surface area contributed by atoms with Crippen molar-refractivity contribution in [2.45, 2.75) is 32.0 Å². The SMILES string of the molecule is CN=C(NCc1cccnc1OC)NCC1CCCN1Cc1ccccc1.I. The van der Waals surface area contributed by atoms with Gasteiger partial charge in [-0.05, 0) is 31.0 Å². The third kappa shape index (κ3) is 6.34. The van der Waals surface area contributed by atoms with Gasteiger partial charge in [-0.25, -0.2) is 4.98 Å². The second-order valence-corrected chi connectivity index (χ2v) is 6.73. The van der Waals surface area contributed by atoms with E-state index in [1.165, 1.54) is 18.4 Å². The molecule has 2 aromatic rings. The highest BCUT2D eigenvalue weighted by atomic mass is 127. The Kier molecular flexibility index (Phi) is 9.49. The standard InChI is InChI=1S/C21H29N5O.HI/c1-22-21(24-14-18-10-6-12-23-20(18)27-2)25-15-19-11-7-13-26(19)16-17-8-4-3-5-9-17;/h3-6,8-10,12,19H,7,11,13-16H2,1-2H3,(H2,22,24,25);1H. The van der Waals surface area contributed by atoms with Crippen molar-refractivity contribution in [3.8, 4) is 5.88 Å². The van der Waals surface area contributed by atoms with E-state index in [9.17, 15) is 0 Å². The van der Waals surface area contributed by atoms with Crippen LogP contribution in [0, 0.1) is 0 Å².